The summed E-state index contributed by atoms with van der Waals surface area (Å²) in [6.07, 6.45) is 0.342. The van der Waals surface area contributed by atoms with E-state index in [2.05, 4.69) is 0 Å². The lowest BCUT2D eigenvalue weighted by atomic mass is 10.0. The van der Waals surface area contributed by atoms with Crippen LogP contribution in [0, 0.1) is 11.7 Å². The Hall–Kier alpha value is -2.44. The summed E-state index contributed by atoms with van der Waals surface area (Å²) in [5.74, 6) is -2.66. The van der Waals surface area contributed by atoms with Crippen molar-refractivity contribution in [3.63, 3.8) is 0 Å². The number of methoxy groups -OCH3 is 1. The highest BCUT2D eigenvalue weighted by Crippen LogP contribution is 2.25. The number of likely N-dealkylation sites (tertiary alicyclic amines) is 1. The van der Waals surface area contributed by atoms with Gasteiger partial charge in [0.25, 0.3) is 0 Å². The maximum atomic E-state index is 13.6. The highest BCUT2D eigenvalue weighted by atomic mass is 19.1. The maximum Gasteiger partial charge on any atom is 0.308 e. The van der Waals surface area contributed by atoms with E-state index < -0.39 is 17.7 Å². The van der Waals surface area contributed by atoms with Crippen LogP contribution in [0.5, 0.6) is 5.75 Å². The summed E-state index contributed by atoms with van der Waals surface area (Å²) in [6.45, 7) is 2.08. The molecule has 0 radical (unpaired) electrons. The second kappa shape index (κ2) is 7.42. The fourth-order valence-electron chi connectivity index (χ4n) is 2.97. The van der Waals surface area contributed by atoms with E-state index in [1.807, 2.05) is 0 Å². The van der Waals surface area contributed by atoms with Crippen LogP contribution in [-0.4, -0.2) is 47.4 Å². The molecule has 24 heavy (non-hydrogen) atoms. The minimum absolute atomic E-state index is 0.0246. The molecule has 1 fully saturated rings. The van der Waals surface area contributed by atoms with Crippen molar-refractivity contribution < 1.29 is 28.6 Å². The molecular weight excluding hydrogens is 317 g/mol. The number of hydrogen-bond acceptors (Lipinski definition) is 4. The Kier molecular flexibility index (Phi) is 5.54. The van der Waals surface area contributed by atoms with E-state index >= 15 is 0 Å². The van der Waals surface area contributed by atoms with Gasteiger partial charge in [-0.15, -0.1) is 0 Å². The summed E-state index contributed by atoms with van der Waals surface area (Å²) in [6, 6.07) is 3.52. The largest absolute Gasteiger partial charge is 0.494 e. The zero-order valence-corrected chi connectivity index (χ0v) is 13.6. The fourth-order valence-corrected chi connectivity index (χ4v) is 2.97. The van der Waals surface area contributed by atoms with Crippen molar-refractivity contribution in [2.45, 2.75) is 32.2 Å². The molecule has 0 spiro atoms. The molecule has 1 aromatic rings. The molecular formula is C17H20FNO5. The van der Waals surface area contributed by atoms with Crippen molar-refractivity contribution in [1.82, 2.24) is 4.90 Å². The SMILES string of the molecule is COc1ccc(C(=O)CCC(=O)N2CCC(C(=O)O)C2C)cc1F. The molecule has 0 aromatic heterocycles. The highest BCUT2D eigenvalue weighted by molar-refractivity contribution is 5.98. The molecule has 1 N–H and O–H groups in total. The van der Waals surface area contributed by atoms with Crippen molar-refractivity contribution in [2.24, 2.45) is 5.92 Å². The zero-order chi connectivity index (χ0) is 17.9. The second-order valence-corrected chi connectivity index (χ2v) is 5.83. The molecule has 1 heterocycles. The zero-order valence-electron chi connectivity index (χ0n) is 13.6. The van der Waals surface area contributed by atoms with Gasteiger partial charge in [-0.2, -0.15) is 0 Å². The monoisotopic (exact) mass is 337 g/mol. The lowest BCUT2D eigenvalue weighted by Crippen LogP contribution is -2.37. The van der Waals surface area contributed by atoms with Gasteiger partial charge in [0.1, 0.15) is 0 Å². The van der Waals surface area contributed by atoms with Crippen molar-refractivity contribution >= 4 is 17.7 Å². The average molecular weight is 337 g/mol. The molecule has 1 aliphatic rings. The number of carbonyl (C=O) groups excluding carboxylic acids is 2. The molecule has 1 saturated heterocycles. The number of halogens is 1. The first kappa shape index (κ1) is 17.9. The predicted octanol–water partition coefficient (Wildman–Crippen LogP) is 2.12. The Labute approximate surface area is 139 Å². The molecule has 2 unspecified atom stereocenters. The number of Topliss-reactive ketones (excluding diaryl/α,β-unsaturated/α-hetero) is 1. The van der Waals surface area contributed by atoms with E-state index in [1.165, 1.54) is 24.1 Å². The molecule has 7 heteroatoms. The quantitative estimate of drug-likeness (QED) is 0.804. The molecule has 0 bridgehead atoms. The number of ketones is 1. The van der Waals surface area contributed by atoms with Gasteiger partial charge in [0.05, 0.1) is 13.0 Å². The minimum atomic E-state index is -0.914. The van der Waals surface area contributed by atoms with Gasteiger partial charge in [-0.1, -0.05) is 0 Å². The van der Waals surface area contributed by atoms with Gasteiger partial charge in [0.2, 0.25) is 5.91 Å². The first-order valence-corrected chi connectivity index (χ1v) is 7.74. The lowest BCUT2D eigenvalue weighted by Gasteiger charge is -2.23. The topological polar surface area (TPSA) is 83.9 Å². The fraction of sp³-hybridized carbons (Fsp3) is 0.471. The van der Waals surface area contributed by atoms with Crippen LogP contribution in [0.3, 0.4) is 0 Å². The van der Waals surface area contributed by atoms with Crippen LogP contribution in [0.1, 0.15) is 36.5 Å². The summed E-state index contributed by atoms with van der Waals surface area (Å²) in [4.78, 5) is 36.9. The number of carboxylic acids is 1. The number of carbonyl (C=O) groups is 3. The Morgan fingerprint density at radius 2 is 2.04 bits per heavy atom. The number of benzene rings is 1. The van der Waals surface area contributed by atoms with Crippen LogP contribution in [-0.2, 0) is 9.59 Å². The summed E-state index contributed by atoms with van der Waals surface area (Å²) in [5.41, 5.74) is 0.180. The van der Waals surface area contributed by atoms with E-state index in [0.29, 0.717) is 13.0 Å². The molecule has 0 saturated carbocycles. The second-order valence-electron chi connectivity index (χ2n) is 5.83. The number of aliphatic carboxylic acids is 1. The number of nitrogens with zero attached hydrogens (tertiary/aromatic N) is 1. The standard InChI is InChI=1S/C17H20FNO5/c1-10-12(17(22)23)7-8-19(10)16(21)6-4-14(20)11-3-5-15(24-2)13(18)9-11/h3,5,9-10,12H,4,6-8H2,1-2H3,(H,22,23). The molecule has 6 nitrogen and oxygen atoms in total. The number of carboxylic acid groups (broad SMARTS) is 1. The summed E-state index contributed by atoms with van der Waals surface area (Å²) >= 11 is 0. The molecule has 1 aliphatic heterocycles. The van der Waals surface area contributed by atoms with Crippen LogP contribution >= 0.6 is 0 Å². The number of rotatable bonds is 6. The number of hydrogen-bond donors (Lipinski definition) is 1. The average Bonchev–Trinajstić information content (AvgIpc) is 2.94. The molecule has 2 atom stereocenters. The predicted molar refractivity (Wildman–Crippen MR) is 83.4 cm³/mol. The Morgan fingerprint density at radius 1 is 1.33 bits per heavy atom. The minimum Gasteiger partial charge on any atom is -0.494 e. The third-order valence-electron chi connectivity index (χ3n) is 4.43. The molecule has 1 amide bonds. The smallest absolute Gasteiger partial charge is 0.308 e. The van der Waals surface area contributed by atoms with Gasteiger partial charge in [-0.3, -0.25) is 14.4 Å². The summed E-state index contributed by atoms with van der Waals surface area (Å²) in [5, 5.41) is 9.08. The first-order chi connectivity index (χ1) is 11.3. The first-order valence-electron chi connectivity index (χ1n) is 7.74. The van der Waals surface area contributed by atoms with E-state index in [-0.39, 0.29) is 41.9 Å². The lowest BCUT2D eigenvalue weighted by molar-refractivity contribution is -0.143. The van der Waals surface area contributed by atoms with Gasteiger partial charge < -0.3 is 14.7 Å². The molecule has 0 aliphatic carbocycles. The Morgan fingerprint density at radius 3 is 2.58 bits per heavy atom. The van der Waals surface area contributed by atoms with E-state index in [4.69, 9.17) is 9.84 Å². The van der Waals surface area contributed by atoms with E-state index in [1.54, 1.807) is 6.92 Å². The van der Waals surface area contributed by atoms with Crippen molar-refractivity contribution in [3.05, 3.63) is 29.6 Å². The number of amides is 1. The van der Waals surface area contributed by atoms with Crippen LogP contribution in [0.2, 0.25) is 0 Å². The summed E-state index contributed by atoms with van der Waals surface area (Å²) < 4.78 is 18.4. The van der Waals surface area contributed by atoms with Gasteiger partial charge >= 0.3 is 5.97 Å². The molecule has 1 aromatic carbocycles. The molecule has 130 valence electrons. The normalized spacial score (nSPS) is 20.0. The highest BCUT2D eigenvalue weighted by Gasteiger charge is 2.37. The van der Waals surface area contributed by atoms with Crippen LogP contribution in [0.4, 0.5) is 4.39 Å². The third-order valence-corrected chi connectivity index (χ3v) is 4.43. The number of ether oxygens (including phenoxy) is 1. The van der Waals surface area contributed by atoms with Crippen LogP contribution in [0.15, 0.2) is 18.2 Å². The van der Waals surface area contributed by atoms with E-state index in [0.717, 1.165) is 6.07 Å². The van der Waals surface area contributed by atoms with Crippen LogP contribution in [0.25, 0.3) is 0 Å². The summed E-state index contributed by atoms with van der Waals surface area (Å²) in [7, 11) is 1.33. The Bertz CT molecular complexity index is 660. The van der Waals surface area contributed by atoms with Gasteiger partial charge in [-0.05, 0) is 31.5 Å². The van der Waals surface area contributed by atoms with Gasteiger partial charge in [-0.25, -0.2) is 4.39 Å². The third kappa shape index (κ3) is 3.72. The van der Waals surface area contributed by atoms with Gasteiger partial charge in [0.15, 0.2) is 17.3 Å². The maximum absolute atomic E-state index is 13.6. The van der Waals surface area contributed by atoms with Crippen molar-refractivity contribution in [1.29, 1.82) is 0 Å². The van der Waals surface area contributed by atoms with Gasteiger partial charge in [0, 0.05) is 31.0 Å². The van der Waals surface area contributed by atoms with Crippen molar-refractivity contribution in [2.75, 3.05) is 13.7 Å². The van der Waals surface area contributed by atoms with Crippen LogP contribution < -0.4 is 4.74 Å². The van der Waals surface area contributed by atoms with E-state index in [9.17, 15) is 18.8 Å². The van der Waals surface area contributed by atoms with Crippen molar-refractivity contribution in [3.8, 4) is 5.75 Å². The Balaban J connectivity index is 1.93. The molecule has 2 rings (SSSR count).